The van der Waals surface area contributed by atoms with E-state index in [1.807, 2.05) is 18.9 Å². The molecule has 1 N–H and O–H groups in total. The van der Waals surface area contributed by atoms with Gasteiger partial charge in [0, 0.05) is 31.4 Å². The van der Waals surface area contributed by atoms with Gasteiger partial charge < -0.3 is 10.1 Å². The summed E-state index contributed by atoms with van der Waals surface area (Å²) in [7, 11) is 1.84. The van der Waals surface area contributed by atoms with Crippen molar-refractivity contribution in [1.82, 2.24) is 5.32 Å². The van der Waals surface area contributed by atoms with Gasteiger partial charge in [0.05, 0.1) is 6.61 Å². The molecular formula is C26H33NOS. The molecule has 2 aromatic carbocycles. The minimum atomic E-state index is 0.443. The van der Waals surface area contributed by atoms with Crippen LogP contribution in [0.1, 0.15) is 60.0 Å². The fourth-order valence-corrected chi connectivity index (χ4v) is 6.26. The lowest BCUT2D eigenvalue weighted by molar-refractivity contribution is 0.164. The molecule has 1 heterocycles. The van der Waals surface area contributed by atoms with Gasteiger partial charge in [-0.2, -0.15) is 0 Å². The number of ether oxygens (including phenoxy) is 1. The highest BCUT2D eigenvalue weighted by atomic mass is 32.2. The van der Waals surface area contributed by atoms with Gasteiger partial charge in [-0.25, -0.2) is 0 Å². The average molecular weight is 408 g/mol. The molecule has 2 atom stereocenters. The molecule has 0 spiro atoms. The molecule has 2 aromatic rings. The summed E-state index contributed by atoms with van der Waals surface area (Å²) in [4.78, 5) is 0. The van der Waals surface area contributed by atoms with Crippen LogP contribution in [0.15, 0.2) is 65.6 Å². The summed E-state index contributed by atoms with van der Waals surface area (Å²) in [6.07, 6.45) is 6.86. The number of hydrogen-bond acceptors (Lipinski definition) is 3. The molecule has 2 nitrogen and oxygen atoms in total. The van der Waals surface area contributed by atoms with Crippen LogP contribution in [0.3, 0.4) is 0 Å². The van der Waals surface area contributed by atoms with E-state index in [0.29, 0.717) is 11.2 Å². The molecule has 0 saturated heterocycles. The van der Waals surface area contributed by atoms with Gasteiger partial charge in [0.15, 0.2) is 0 Å². The molecule has 1 aliphatic carbocycles. The number of hydrogen-bond donors (Lipinski definition) is 1. The zero-order valence-corrected chi connectivity index (χ0v) is 18.3. The monoisotopic (exact) mass is 407 g/mol. The van der Waals surface area contributed by atoms with Crippen molar-refractivity contribution in [2.45, 2.75) is 49.8 Å². The van der Waals surface area contributed by atoms with E-state index < -0.39 is 0 Å². The topological polar surface area (TPSA) is 21.3 Å². The highest BCUT2D eigenvalue weighted by molar-refractivity contribution is 8.02. The molecule has 3 heteroatoms. The second-order valence-corrected chi connectivity index (χ2v) is 9.38. The van der Waals surface area contributed by atoms with Crippen molar-refractivity contribution in [3.05, 3.63) is 82.3 Å². The predicted octanol–water partition coefficient (Wildman–Crippen LogP) is 6.46. The first-order valence-corrected chi connectivity index (χ1v) is 12.0. The lowest BCUT2D eigenvalue weighted by Gasteiger charge is -2.29. The largest absolute Gasteiger partial charge is 0.384 e. The van der Waals surface area contributed by atoms with Crippen molar-refractivity contribution in [2.75, 3.05) is 20.3 Å². The maximum absolute atomic E-state index is 5.68. The van der Waals surface area contributed by atoms with E-state index in [4.69, 9.17) is 4.74 Å². The first-order chi connectivity index (χ1) is 14.4. The fraction of sp³-hybridized carbons (Fsp3) is 0.462. The minimum Gasteiger partial charge on any atom is -0.384 e. The Morgan fingerprint density at radius 3 is 2.38 bits per heavy atom. The van der Waals surface area contributed by atoms with Crippen molar-refractivity contribution in [2.24, 2.45) is 5.92 Å². The molecule has 29 heavy (non-hydrogen) atoms. The van der Waals surface area contributed by atoms with Crippen LogP contribution in [0, 0.1) is 5.92 Å². The summed E-state index contributed by atoms with van der Waals surface area (Å²) in [6, 6.07) is 19.9. The molecule has 154 valence electrons. The smallest absolute Gasteiger partial charge is 0.0542 e. The Hall–Kier alpha value is -1.55. The van der Waals surface area contributed by atoms with Gasteiger partial charge in [-0.1, -0.05) is 73.9 Å². The number of nitrogens with one attached hydrogen (secondary N) is 1. The van der Waals surface area contributed by atoms with E-state index in [2.05, 4.69) is 65.3 Å². The number of benzene rings is 2. The van der Waals surface area contributed by atoms with Gasteiger partial charge >= 0.3 is 0 Å². The van der Waals surface area contributed by atoms with Crippen molar-refractivity contribution >= 4 is 11.8 Å². The minimum absolute atomic E-state index is 0.443. The van der Waals surface area contributed by atoms with Crippen molar-refractivity contribution in [3.8, 4) is 0 Å². The zero-order chi connectivity index (χ0) is 19.9. The Morgan fingerprint density at radius 1 is 0.897 bits per heavy atom. The quantitative estimate of drug-likeness (QED) is 0.543. The van der Waals surface area contributed by atoms with E-state index in [9.17, 15) is 0 Å². The standard InChI is InChI=1S/C26H33NOS/c1-28-18-25-22(17-27-16-20-10-4-2-5-11-20)19-29-26(25)24-15-9-8-14-23(24)21-12-6-3-7-13-21/h2,4-5,8-11,14-15,19,21,25-27H,3,6-7,12-13,16-18H2,1H3. The molecule has 1 saturated carbocycles. The third kappa shape index (κ3) is 5.14. The molecule has 0 bridgehead atoms. The Balaban J connectivity index is 1.46. The molecule has 2 aliphatic rings. The Morgan fingerprint density at radius 2 is 1.62 bits per heavy atom. The Kier molecular flexibility index (Phi) is 7.48. The summed E-state index contributed by atoms with van der Waals surface area (Å²) in [6.45, 7) is 2.62. The van der Waals surface area contributed by atoms with E-state index in [-0.39, 0.29) is 0 Å². The van der Waals surface area contributed by atoms with Gasteiger partial charge in [-0.05, 0) is 46.4 Å². The molecule has 1 aliphatic heterocycles. The zero-order valence-electron chi connectivity index (χ0n) is 17.5. The molecule has 1 fully saturated rings. The lowest BCUT2D eigenvalue weighted by atomic mass is 9.80. The van der Waals surface area contributed by atoms with Crippen LogP contribution in [0.25, 0.3) is 0 Å². The first-order valence-electron chi connectivity index (χ1n) is 11.0. The van der Waals surface area contributed by atoms with Crippen LogP contribution in [-0.4, -0.2) is 20.3 Å². The molecule has 0 amide bonds. The number of rotatable bonds is 8. The molecule has 0 aromatic heterocycles. The number of thioether (sulfide) groups is 1. The maximum Gasteiger partial charge on any atom is 0.0542 e. The van der Waals surface area contributed by atoms with Gasteiger partial charge in [-0.15, -0.1) is 11.8 Å². The first kappa shape index (κ1) is 20.7. The lowest BCUT2D eigenvalue weighted by Crippen LogP contribution is -2.24. The van der Waals surface area contributed by atoms with Gasteiger partial charge in [0.2, 0.25) is 0 Å². The van der Waals surface area contributed by atoms with Crippen molar-refractivity contribution < 1.29 is 4.74 Å². The second-order valence-electron chi connectivity index (χ2n) is 8.36. The SMILES string of the molecule is COCC1C(CNCc2ccccc2)=CSC1c1ccccc1C1CCCCC1. The predicted molar refractivity (Wildman–Crippen MR) is 124 cm³/mol. The van der Waals surface area contributed by atoms with Gasteiger partial charge in [-0.3, -0.25) is 0 Å². The maximum atomic E-state index is 5.68. The summed E-state index contributed by atoms with van der Waals surface area (Å²) >= 11 is 1.99. The van der Waals surface area contributed by atoms with Crippen LogP contribution in [0.2, 0.25) is 0 Å². The van der Waals surface area contributed by atoms with Crippen LogP contribution in [0.5, 0.6) is 0 Å². The van der Waals surface area contributed by atoms with Crippen LogP contribution in [-0.2, 0) is 11.3 Å². The molecule has 0 radical (unpaired) electrons. The third-order valence-corrected chi connectivity index (χ3v) is 7.72. The molecule has 4 rings (SSSR count). The second kappa shape index (κ2) is 10.5. The van der Waals surface area contributed by atoms with E-state index in [0.717, 1.165) is 25.6 Å². The third-order valence-electron chi connectivity index (χ3n) is 6.40. The highest BCUT2D eigenvalue weighted by Gasteiger charge is 2.34. The van der Waals surface area contributed by atoms with Crippen LogP contribution in [0.4, 0.5) is 0 Å². The van der Waals surface area contributed by atoms with Crippen LogP contribution < -0.4 is 5.32 Å². The van der Waals surface area contributed by atoms with Crippen molar-refractivity contribution in [1.29, 1.82) is 0 Å². The molecular weight excluding hydrogens is 374 g/mol. The molecule has 2 unspecified atom stereocenters. The van der Waals surface area contributed by atoms with E-state index in [1.54, 1.807) is 11.1 Å². The van der Waals surface area contributed by atoms with Crippen molar-refractivity contribution in [3.63, 3.8) is 0 Å². The summed E-state index contributed by atoms with van der Waals surface area (Å²) in [5.41, 5.74) is 5.95. The highest BCUT2D eigenvalue weighted by Crippen LogP contribution is 2.49. The normalized spacial score (nSPS) is 22.6. The van der Waals surface area contributed by atoms with Crippen LogP contribution >= 0.6 is 11.8 Å². The Bertz CT molecular complexity index is 797. The average Bonchev–Trinajstić information content (AvgIpc) is 3.18. The van der Waals surface area contributed by atoms with Gasteiger partial charge in [0.25, 0.3) is 0 Å². The summed E-state index contributed by atoms with van der Waals surface area (Å²) in [5, 5.41) is 6.51. The van der Waals surface area contributed by atoms with E-state index in [1.165, 1.54) is 43.2 Å². The van der Waals surface area contributed by atoms with Gasteiger partial charge in [0.1, 0.15) is 0 Å². The van der Waals surface area contributed by atoms with E-state index >= 15 is 0 Å². The fourth-order valence-electron chi connectivity index (χ4n) is 4.88. The summed E-state index contributed by atoms with van der Waals surface area (Å²) < 4.78 is 5.68. The summed E-state index contributed by atoms with van der Waals surface area (Å²) in [5.74, 6) is 1.18. The number of methoxy groups -OCH3 is 1. The Labute approximate surface area is 180 Å².